The Kier molecular flexibility index (Phi) is 5.26. The molecule has 0 saturated carbocycles. The van der Waals surface area contributed by atoms with Crippen LogP contribution >= 0.6 is 0 Å². The molecule has 2 rings (SSSR count). The van der Waals surface area contributed by atoms with Gasteiger partial charge in [-0.15, -0.1) is 0 Å². The van der Waals surface area contributed by atoms with Crippen molar-refractivity contribution in [2.75, 3.05) is 26.7 Å². The van der Waals surface area contributed by atoms with Crippen molar-refractivity contribution in [2.24, 2.45) is 0 Å². The molecular weight excluding hydrogens is 210 g/mol. The Morgan fingerprint density at radius 3 is 2.82 bits per heavy atom. The molecule has 0 amide bonds. The highest BCUT2D eigenvalue weighted by molar-refractivity contribution is 4.81. The molecule has 2 N–H and O–H groups in total. The highest BCUT2D eigenvalue weighted by atomic mass is 15.2. The number of nitrogens with zero attached hydrogens (tertiary/aromatic N) is 1. The number of likely N-dealkylation sites (tertiary alicyclic amines) is 1. The number of nitrogens with one attached hydrogen (secondary N) is 2. The number of rotatable bonds is 5. The van der Waals surface area contributed by atoms with Crippen LogP contribution in [0.15, 0.2) is 0 Å². The average molecular weight is 239 g/mol. The number of hydrogen-bond donors (Lipinski definition) is 2. The van der Waals surface area contributed by atoms with Gasteiger partial charge in [-0.25, -0.2) is 0 Å². The molecule has 3 heteroatoms. The van der Waals surface area contributed by atoms with Gasteiger partial charge in [0.2, 0.25) is 0 Å². The van der Waals surface area contributed by atoms with E-state index in [0.29, 0.717) is 6.04 Å². The van der Waals surface area contributed by atoms with Crippen LogP contribution in [0.25, 0.3) is 0 Å². The molecular formula is C14H29N3. The van der Waals surface area contributed by atoms with Gasteiger partial charge < -0.3 is 15.5 Å². The van der Waals surface area contributed by atoms with Crippen molar-refractivity contribution in [2.45, 2.75) is 63.6 Å². The van der Waals surface area contributed by atoms with Crippen LogP contribution in [-0.4, -0.2) is 49.7 Å². The molecule has 0 radical (unpaired) electrons. The average Bonchev–Trinajstić information content (AvgIpc) is 2.74. The van der Waals surface area contributed by atoms with Crippen molar-refractivity contribution >= 4 is 0 Å². The SMILES string of the molecule is CC(CC1CCCCN1)NCC1CCCN1C. The summed E-state index contributed by atoms with van der Waals surface area (Å²) in [5.74, 6) is 0. The summed E-state index contributed by atoms with van der Waals surface area (Å²) in [4.78, 5) is 2.50. The van der Waals surface area contributed by atoms with E-state index in [1.807, 2.05) is 0 Å². The van der Waals surface area contributed by atoms with E-state index in [1.165, 1.54) is 58.2 Å². The van der Waals surface area contributed by atoms with Gasteiger partial charge in [0.25, 0.3) is 0 Å². The second kappa shape index (κ2) is 6.72. The molecule has 3 atom stereocenters. The van der Waals surface area contributed by atoms with E-state index in [1.54, 1.807) is 0 Å². The summed E-state index contributed by atoms with van der Waals surface area (Å²) in [5.41, 5.74) is 0. The first-order valence-corrected chi connectivity index (χ1v) is 7.42. The minimum absolute atomic E-state index is 0.652. The Morgan fingerprint density at radius 1 is 1.29 bits per heavy atom. The van der Waals surface area contributed by atoms with Crippen LogP contribution in [0.5, 0.6) is 0 Å². The van der Waals surface area contributed by atoms with E-state index in [2.05, 4.69) is 29.5 Å². The fourth-order valence-corrected chi connectivity index (χ4v) is 3.21. The lowest BCUT2D eigenvalue weighted by Gasteiger charge is -2.28. The standard InChI is InChI=1S/C14H29N3/c1-12(10-13-6-3-4-8-15-13)16-11-14-7-5-9-17(14)2/h12-16H,3-11H2,1-2H3. The molecule has 0 bridgehead atoms. The monoisotopic (exact) mass is 239 g/mol. The molecule has 0 spiro atoms. The van der Waals surface area contributed by atoms with Crippen LogP contribution in [0.3, 0.4) is 0 Å². The molecule has 3 nitrogen and oxygen atoms in total. The van der Waals surface area contributed by atoms with Gasteiger partial charge >= 0.3 is 0 Å². The minimum atomic E-state index is 0.652. The third-order valence-corrected chi connectivity index (χ3v) is 4.42. The van der Waals surface area contributed by atoms with Gasteiger partial charge in [0.15, 0.2) is 0 Å². The van der Waals surface area contributed by atoms with Gasteiger partial charge in [-0.1, -0.05) is 6.42 Å². The molecule has 0 aliphatic carbocycles. The van der Waals surface area contributed by atoms with Crippen molar-refractivity contribution < 1.29 is 0 Å². The van der Waals surface area contributed by atoms with Crippen LogP contribution < -0.4 is 10.6 Å². The molecule has 2 fully saturated rings. The van der Waals surface area contributed by atoms with Gasteiger partial charge in [-0.3, -0.25) is 0 Å². The van der Waals surface area contributed by atoms with Crippen molar-refractivity contribution in [1.82, 2.24) is 15.5 Å². The maximum absolute atomic E-state index is 3.72. The van der Waals surface area contributed by atoms with Gasteiger partial charge in [0.1, 0.15) is 0 Å². The summed E-state index contributed by atoms with van der Waals surface area (Å²) in [6, 6.07) is 2.18. The summed E-state index contributed by atoms with van der Waals surface area (Å²) < 4.78 is 0. The van der Waals surface area contributed by atoms with Crippen LogP contribution in [0.4, 0.5) is 0 Å². The van der Waals surface area contributed by atoms with E-state index in [4.69, 9.17) is 0 Å². The Bertz CT molecular complexity index is 214. The topological polar surface area (TPSA) is 27.3 Å². The highest BCUT2D eigenvalue weighted by Crippen LogP contribution is 2.15. The molecule has 100 valence electrons. The quantitative estimate of drug-likeness (QED) is 0.763. The van der Waals surface area contributed by atoms with Gasteiger partial charge in [0.05, 0.1) is 0 Å². The summed E-state index contributed by atoms with van der Waals surface area (Å²) >= 11 is 0. The first-order valence-electron chi connectivity index (χ1n) is 7.42. The first-order chi connectivity index (χ1) is 8.25. The van der Waals surface area contributed by atoms with Crippen molar-refractivity contribution in [3.63, 3.8) is 0 Å². The minimum Gasteiger partial charge on any atom is -0.314 e. The summed E-state index contributed by atoms with van der Waals surface area (Å²) in [7, 11) is 2.26. The van der Waals surface area contributed by atoms with Crippen LogP contribution in [-0.2, 0) is 0 Å². The summed E-state index contributed by atoms with van der Waals surface area (Å²) in [6.45, 7) is 6.02. The molecule has 0 aromatic heterocycles. The van der Waals surface area contributed by atoms with Gasteiger partial charge in [-0.05, 0) is 59.2 Å². The molecule has 0 aromatic rings. The molecule has 0 aromatic carbocycles. The van der Waals surface area contributed by atoms with E-state index in [-0.39, 0.29) is 0 Å². The van der Waals surface area contributed by atoms with E-state index in [0.717, 1.165) is 12.1 Å². The molecule has 17 heavy (non-hydrogen) atoms. The Labute approximate surface area is 106 Å². The van der Waals surface area contributed by atoms with Crippen LogP contribution in [0, 0.1) is 0 Å². The Morgan fingerprint density at radius 2 is 2.18 bits per heavy atom. The molecule has 2 heterocycles. The summed E-state index contributed by atoms with van der Waals surface area (Å²) in [6.07, 6.45) is 8.19. The molecule has 3 unspecified atom stereocenters. The smallest absolute Gasteiger partial charge is 0.0218 e. The zero-order valence-electron chi connectivity index (χ0n) is 11.5. The lowest BCUT2D eigenvalue weighted by molar-refractivity contribution is 0.281. The third kappa shape index (κ3) is 4.23. The van der Waals surface area contributed by atoms with Crippen LogP contribution in [0.2, 0.25) is 0 Å². The van der Waals surface area contributed by atoms with Crippen molar-refractivity contribution in [3.05, 3.63) is 0 Å². The van der Waals surface area contributed by atoms with Crippen molar-refractivity contribution in [3.8, 4) is 0 Å². The predicted molar refractivity (Wildman–Crippen MR) is 73.4 cm³/mol. The zero-order chi connectivity index (χ0) is 12.1. The van der Waals surface area contributed by atoms with E-state index >= 15 is 0 Å². The maximum Gasteiger partial charge on any atom is 0.0218 e. The fourth-order valence-electron chi connectivity index (χ4n) is 3.21. The fraction of sp³-hybridized carbons (Fsp3) is 1.00. The third-order valence-electron chi connectivity index (χ3n) is 4.42. The molecule has 2 aliphatic heterocycles. The van der Waals surface area contributed by atoms with Gasteiger partial charge in [0, 0.05) is 24.7 Å². The van der Waals surface area contributed by atoms with Crippen LogP contribution in [0.1, 0.15) is 45.4 Å². The Hall–Kier alpha value is -0.120. The van der Waals surface area contributed by atoms with Crippen molar-refractivity contribution in [1.29, 1.82) is 0 Å². The van der Waals surface area contributed by atoms with E-state index in [9.17, 15) is 0 Å². The lowest BCUT2D eigenvalue weighted by Crippen LogP contribution is -2.43. The van der Waals surface area contributed by atoms with Gasteiger partial charge in [-0.2, -0.15) is 0 Å². The maximum atomic E-state index is 3.72. The molecule has 2 saturated heterocycles. The highest BCUT2D eigenvalue weighted by Gasteiger charge is 2.21. The number of piperidine rings is 1. The van der Waals surface area contributed by atoms with E-state index < -0.39 is 0 Å². The number of likely N-dealkylation sites (N-methyl/N-ethyl adjacent to an activating group) is 1. The normalized spacial score (nSPS) is 32.8. The first kappa shape index (κ1) is 13.3. The molecule has 2 aliphatic rings. The largest absolute Gasteiger partial charge is 0.314 e. The number of hydrogen-bond acceptors (Lipinski definition) is 3. The lowest BCUT2D eigenvalue weighted by atomic mass is 9.98. The second-order valence-corrected chi connectivity index (χ2v) is 5.97. The predicted octanol–water partition coefficient (Wildman–Crippen LogP) is 1.59. The Balaban J connectivity index is 1.61. The second-order valence-electron chi connectivity index (χ2n) is 5.97. The zero-order valence-corrected chi connectivity index (χ0v) is 11.5. The summed E-state index contributed by atoms with van der Waals surface area (Å²) in [5, 5.41) is 7.36.